The highest BCUT2D eigenvalue weighted by Crippen LogP contribution is 2.36. The Morgan fingerprint density at radius 1 is 1.22 bits per heavy atom. The third-order valence-corrected chi connectivity index (χ3v) is 6.33. The van der Waals surface area contributed by atoms with Crippen molar-refractivity contribution in [2.24, 2.45) is 5.92 Å². The van der Waals surface area contributed by atoms with E-state index < -0.39 is 11.6 Å². The van der Waals surface area contributed by atoms with Gasteiger partial charge in [-0.2, -0.15) is 0 Å². The molecule has 3 amide bonds. The molecule has 1 aliphatic carbocycles. The molecule has 2 aliphatic rings. The van der Waals surface area contributed by atoms with Crippen LogP contribution in [-0.4, -0.2) is 39.3 Å². The first-order chi connectivity index (χ1) is 12.7. The number of urea groups is 1. The van der Waals surface area contributed by atoms with Gasteiger partial charge in [0.15, 0.2) is 5.78 Å². The number of nitrogens with one attached hydrogen (secondary N) is 1. The van der Waals surface area contributed by atoms with Gasteiger partial charge < -0.3 is 9.88 Å². The number of nitrogens with zero attached hydrogens (tertiary/aromatic N) is 2. The van der Waals surface area contributed by atoms with Crippen LogP contribution < -0.4 is 5.32 Å². The van der Waals surface area contributed by atoms with Gasteiger partial charge in [-0.05, 0) is 59.4 Å². The lowest BCUT2D eigenvalue weighted by Gasteiger charge is -2.34. The Bertz CT molecular complexity index is 774. The summed E-state index contributed by atoms with van der Waals surface area (Å²) in [5.74, 6) is -0.300. The van der Waals surface area contributed by atoms with Gasteiger partial charge in [-0.1, -0.05) is 19.3 Å². The quantitative estimate of drug-likeness (QED) is 0.631. The summed E-state index contributed by atoms with van der Waals surface area (Å²) in [6, 6.07) is 1.66. The number of hydrogen-bond donors (Lipinski definition) is 1. The summed E-state index contributed by atoms with van der Waals surface area (Å²) in [7, 11) is 0. The number of rotatable bonds is 5. The zero-order valence-electron chi connectivity index (χ0n) is 17.1. The Labute approximate surface area is 161 Å². The smallest absolute Gasteiger partial charge is 0.325 e. The molecule has 0 bridgehead atoms. The number of hydrogen-bond acceptors (Lipinski definition) is 3. The molecule has 1 N–H and O–H groups in total. The van der Waals surface area contributed by atoms with E-state index in [2.05, 4.69) is 23.7 Å². The molecule has 1 saturated heterocycles. The summed E-state index contributed by atoms with van der Waals surface area (Å²) in [5.41, 5.74) is 1.60. The van der Waals surface area contributed by atoms with Crippen LogP contribution in [0.2, 0.25) is 0 Å². The molecule has 2 heterocycles. The van der Waals surface area contributed by atoms with E-state index in [4.69, 9.17) is 0 Å². The maximum atomic E-state index is 13.1. The summed E-state index contributed by atoms with van der Waals surface area (Å²) in [6.07, 6.45) is 5.25. The van der Waals surface area contributed by atoms with Crippen LogP contribution in [0.25, 0.3) is 0 Å². The molecule has 3 rings (SSSR count). The van der Waals surface area contributed by atoms with Gasteiger partial charge in [0, 0.05) is 23.0 Å². The fourth-order valence-corrected chi connectivity index (χ4v) is 4.90. The molecule has 1 aromatic heterocycles. The van der Waals surface area contributed by atoms with Crippen LogP contribution in [0.3, 0.4) is 0 Å². The van der Waals surface area contributed by atoms with Crippen molar-refractivity contribution in [1.29, 1.82) is 0 Å². The minimum Gasteiger partial charge on any atom is -0.346 e. The lowest BCUT2D eigenvalue weighted by atomic mass is 9.75. The molecular formula is C21H31N3O3. The standard InChI is InChI=1S/C21H31N3O3/c1-13(2)24-14(3)11-17(15(24)4)18(25)12-23-19(26)21(5,22-20(23)27)16-9-7-6-8-10-16/h11,13,16H,6-10,12H2,1-5H3,(H,22,27)/t21-/m0/s1. The maximum absolute atomic E-state index is 13.1. The lowest BCUT2D eigenvalue weighted by Crippen LogP contribution is -2.51. The van der Waals surface area contributed by atoms with Crippen LogP contribution in [0.5, 0.6) is 0 Å². The predicted molar refractivity (Wildman–Crippen MR) is 104 cm³/mol. The lowest BCUT2D eigenvalue weighted by molar-refractivity contribution is -0.132. The first kappa shape index (κ1) is 19.6. The summed E-state index contributed by atoms with van der Waals surface area (Å²) in [6.45, 7) is 9.65. The number of imide groups is 1. The van der Waals surface area contributed by atoms with Gasteiger partial charge in [0.25, 0.3) is 5.91 Å². The molecule has 148 valence electrons. The van der Waals surface area contributed by atoms with Crippen molar-refractivity contribution < 1.29 is 14.4 Å². The average molecular weight is 373 g/mol. The van der Waals surface area contributed by atoms with E-state index in [1.54, 1.807) is 0 Å². The Morgan fingerprint density at radius 3 is 2.41 bits per heavy atom. The van der Waals surface area contributed by atoms with Crippen LogP contribution in [0, 0.1) is 19.8 Å². The largest absolute Gasteiger partial charge is 0.346 e. The monoisotopic (exact) mass is 373 g/mol. The van der Waals surface area contributed by atoms with Crippen LogP contribution in [-0.2, 0) is 4.79 Å². The van der Waals surface area contributed by atoms with Gasteiger partial charge in [-0.25, -0.2) is 4.79 Å². The summed E-state index contributed by atoms with van der Waals surface area (Å²) in [5, 5.41) is 2.89. The van der Waals surface area contributed by atoms with Crippen molar-refractivity contribution in [1.82, 2.24) is 14.8 Å². The second-order valence-electron chi connectivity index (χ2n) is 8.53. The fourth-order valence-electron chi connectivity index (χ4n) is 4.90. The highest BCUT2D eigenvalue weighted by molar-refractivity contribution is 6.11. The zero-order valence-corrected chi connectivity index (χ0v) is 17.1. The number of carbonyl (C=O) groups excluding carboxylic acids is 3. The molecule has 0 aromatic carbocycles. The molecule has 0 spiro atoms. The van der Waals surface area contributed by atoms with E-state index in [1.807, 2.05) is 26.8 Å². The van der Waals surface area contributed by atoms with E-state index in [1.165, 1.54) is 6.42 Å². The van der Waals surface area contributed by atoms with Gasteiger partial charge in [0.1, 0.15) is 5.54 Å². The number of aromatic nitrogens is 1. The first-order valence-electron chi connectivity index (χ1n) is 10.0. The number of carbonyl (C=O) groups is 3. The predicted octanol–water partition coefficient (Wildman–Crippen LogP) is 3.76. The van der Waals surface area contributed by atoms with Gasteiger partial charge in [-0.15, -0.1) is 0 Å². The van der Waals surface area contributed by atoms with Crippen molar-refractivity contribution in [3.8, 4) is 0 Å². The van der Waals surface area contributed by atoms with E-state index in [0.29, 0.717) is 5.56 Å². The van der Waals surface area contributed by atoms with Gasteiger partial charge >= 0.3 is 6.03 Å². The molecule has 6 nitrogen and oxygen atoms in total. The minimum atomic E-state index is -0.882. The molecule has 1 aliphatic heterocycles. The van der Waals surface area contributed by atoms with Crippen molar-refractivity contribution >= 4 is 17.7 Å². The summed E-state index contributed by atoms with van der Waals surface area (Å²) >= 11 is 0. The van der Waals surface area contributed by atoms with Gasteiger partial charge in [0.2, 0.25) is 0 Å². The topological polar surface area (TPSA) is 71.4 Å². The molecule has 2 fully saturated rings. The van der Waals surface area contributed by atoms with Crippen LogP contribution in [0.4, 0.5) is 4.79 Å². The van der Waals surface area contributed by atoms with Gasteiger partial charge in [-0.3, -0.25) is 14.5 Å². The Kier molecular flexibility index (Phi) is 5.19. The van der Waals surface area contributed by atoms with Crippen molar-refractivity contribution in [3.05, 3.63) is 23.0 Å². The van der Waals surface area contributed by atoms with Crippen molar-refractivity contribution in [2.45, 2.75) is 78.3 Å². The van der Waals surface area contributed by atoms with E-state index in [-0.39, 0.29) is 30.2 Å². The molecular weight excluding hydrogens is 342 g/mol. The number of aryl methyl sites for hydroxylation is 1. The maximum Gasteiger partial charge on any atom is 0.325 e. The number of Topliss-reactive ketones (excluding diaryl/α,β-unsaturated/α-hetero) is 1. The summed E-state index contributed by atoms with van der Waals surface area (Å²) in [4.78, 5) is 39.6. The molecule has 0 radical (unpaired) electrons. The molecule has 6 heteroatoms. The van der Waals surface area contributed by atoms with Gasteiger partial charge in [0.05, 0.1) is 6.54 Å². The highest BCUT2D eigenvalue weighted by atomic mass is 16.2. The molecule has 0 unspecified atom stereocenters. The Hall–Kier alpha value is -2.11. The first-order valence-corrected chi connectivity index (χ1v) is 10.0. The zero-order chi connectivity index (χ0) is 19.9. The van der Waals surface area contributed by atoms with Crippen molar-refractivity contribution in [3.63, 3.8) is 0 Å². The minimum absolute atomic E-state index is 0.147. The highest BCUT2D eigenvalue weighted by Gasteiger charge is 2.52. The summed E-state index contributed by atoms with van der Waals surface area (Å²) < 4.78 is 2.10. The second-order valence-corrected chi connectivity index (χ2v) is 8.53. The van der Waals surface area contributed by atoms with E-state index in [0.717, 1.165) is 42.0 Å². The molecule has 1 atom stereocenters. The Morgan fingerprint density at radius 2 is 1.85 bits per heavy atom. The third-order valence-electron chi connectivity index (χ3n) is 6.33. The van der Waals surface area contributed by atoms with Crippen LogP contribution in [0.1, 0.15) is 80.7 Å². The molecule has 27 heavy (non-hydrogen) atoms. The fraction of sp³-hybridized carbons (Fsp3) is 0.667. The SMILES string of the molecule is Cc1cc(C(=O)CN2C(=O)N[C@@](C)(C3CCCCC3)C2=O)c(C)n1C(C)C. The number of ketones is 1. The van der Waals surface area contributed by atoms with Crippen molar-refractivity contribution in [2.75, 3.05) is 6.54 Å². The van der Waals surface area contributed by atoms with E-state index in [9.17, 15) is 14.4 Å². The van der Waals surface area contributed by atoms with E-state index >= 15 is 0 Å². The normalized spacial score (nSPS) is 24.0. The molecule has 1 saturated carbocycles. The molecule has 1 aromatic rings. The average Bonchev–Trinajstić information content (AvgIpc) is 3.04. The Balaban J connectivity index is 1.79. The van der Waals surface area contributed by atoms with Crippen LogP contribution >= 0.6 is 0 Å². The third kappa shape index (κ3) is 3.30. The van der Waals surface area contributed by atoms with Crippen LogP contribution in [0.15, 0.2) is 6.07 Å². The number of amides is 3. The second kappa shape index (κ2) is 7.13.